The fourth-order valence-corrected chi connectivity index (χ4v) is 2.82. The molecule has 132 valence electrons. The summed E-state index contributed by atoms with van der Waals surface area (Å²) in [7, 11) is 3.58. The number of hydrogen-bond acceptors (Lipinski definition) is 2. The van der Waals surface area contributed by atoms with Crippen LogP contribution in [0.2, 0.25) is 0 Å². The third-order valence-corrected chi connectivity index (χ3v) is 4.06. The first-order valence-electron chi connectivity index (χ1n) is 7.49. The zero-order chi connectivity index (χ0) is 18.3. The number of halogens is 3. The molecule has 0 aliphatic heterocycles. The first-order chi connectivity index (χ1) is 11.9. The molecule has 1 aromatic heterocycles. The number of benzene rings is 1. The van der Waals surface area contributed by atoms with Gasteiger partial charge < -0.3 is 10.2 Å². The maximum absolute atomic E-state index is 12.7. The quantitative estimate of drug-likeness (QED) is 0.509. The molecule has 0 saturated heterocycles. The number of nitrogens with one attached hydrogen (secondary N) is 1. The Bertz CT molecular complexity index is 771. The van der Waals surface area contributed by atoms with Gasteiger partial charge in [-0.3, -0.25) is 4.99 Å². The third-order valence-electron chi connectivity index (χ3n) is 3.33. The van der Waals surface area contributed by atoms with E-state index in [0.717, 1.165) is 12.1 Å². The number of thiophene rings is 1. The SMILES string of the molecule is CN=C(NCC#Cc1cccc(C(F)(F)F)c1)N(C)Cc1ccsc1. The van der Waals surface area contributed by atoms with Gasteiger partial charge in [0, 0.05) is 26.2 Å². The molecular weight excluding hydrogens is 347 g/mol. The van der Waals surface area contributed by atoms with Crippen LogP contribution in [-0.4, -0.2) is 31.5 Å². The Morgan fingerprint density at radius 1 is 1.32 bits per heavy atom. The molecule has 2 aromatic rings. The molecule has 1 heterocycles. The minimum atomic E-state index is -4.36. The fraction of sp³-hybridized carbons (Fsp3) is 0.278. The van der Waals surface area contributed by atoms with Gasteiger partial charge in [0.05, 0.1) is 12.1 Å². The fourth-order valence-electron chi connectivity index (χ4n) is 2.16. The topological polar surface area (TPSA) is 27.6 Å². The van der Waals surface area contributed by atoms with Gasteiger partial charge in [-0.1, -0.05) is 17.9 Å². The Hall–Kier alpha value is -2.46. The van der Waals surface area contributed by atoms with E-state index in [0.29, 0.717) is 18.1 Å². The van der Waals surface area contributed by atoms with Crippen molar-refractivity contribution < 1.29 is 13.2 Å². The molecule has 0 aliphatic carbocycles. The van der Waals surface area contributed by atoms with Crippen LogP contribution in [0.5, 0.6) is 0 Å². The van der Waals surface area contributed by atoms with Crippen LogP contribution < -0.4 is 5.32 Å². The standard InChI is InChI=1S/C18H18F3N3S/c1-22-17(24(2)12-15-8-10-25-13-15)23-9-4-6-14-5-3-7-16(11-14)18(19,20)21/h3,5,7-8,10-11,13H,9,12H2,1-2H3,(H,22,23). The maximum atomic E-state index is 12.7. The Morgan fingerprint density at radius 3 is 2.76 bits per heavy atom. The summed E-state index contributed by atoms with van der Waals surface area (Å²) in [5, 5.41) is 7.16. The Balaban J connectivity index is 1.92. The zero-order valence-corrected chi connectivity index (χ0v) is 14.7. The lowest BCUT2D eigenvalue weighted by Gasteiger charge is -2.20. The van der Waals surface area contributed by atoms with Crippen molar-refractivity contribution in [2.24, 2.45) is 4.99 Å². The molecule has 0 aliphatic rings. The Kier molecular flexibility index (Phi) is 6.48. The van der Waals surface area contributed by atoms with E-state index >= 15 is 0 Å². The van der Waals surface area contributed by atoms with E-state index in [4.69, 9.17) is 0 Å². The second-order valence-electron chi connectivity index (χ2n) is 5.27. The molecule has 3 nitrogen and oxygen atoms in total. The van der Waals surface area contributed by atoms with E-state index in [2.05, 4.69) is 27.5 Å². The molecule has 0 unspecified atom stereocenters. The highest BCUT2D eigenvalue weighted by molar-refractivity contribution is 7.07. The van der Waals surface area contributed by atoms with E-state index in [1.54, 1.807) is 24.5 Å². The summed E-state index contributed by atoms with van der Waals surface area (Å²) in [6.45, 7) is 1.00. The zero-order valence-electron chi connectivity index (χ0n) is 13.9. The van der Waals surface area contributed by atoms with Crippen LogP contribution >= 0.6 is 11.3 Å². The van der Waals surface area contributed by atoms with E-state index < -0.39 is 11.7 Å². The van der Waals surface area contributed by atoms with Crippen LogP contribution in [0.15, 0.2) is 46.1 Å². The molecule has 0 bridgehead atoms. The summed E-state index contributed by atoms with van der Waals surface area (Å²) in [6.07, 6.45) is -4.36. The van der Waals surface area contributed by atoms with Crippen molar-refractivity contribution in [1.82, 2.24) is 10.2 Å². The second kappa shape index (κ2) is 8.58. The lowest BCUT2D eigenvalue weighted by atomic mass is 10.1. The monoisotopic (exact) mass is 365 g/mol. The van der Waals surface area contributed by atoms with Crippen molar-refractivity contribution in [3.63, 3.8) is 0 Å². The van der Waals surface area contributed by atoms with Crippen LogP contribution in [0.4, 0.5) is 13.2 Å². The number of alkyl halides is 3. The predicted molar refractivity (Wildman–Crippen MR) is 95.5 cm³/mol. The summed E-state index contributed by atoms with van der Waals surface area (Å²) in [5.74, 6) is 6.23. The summed E-state index contributed by atoms with van der Waals surface area (Å²) < 4.78 is 38.0. The van der Waals surface area contributed by atoms with E-state index in [1.807, 2.05) is 23.4 Å². The van der Waals surface area contributed by atoms with Gasteiger partial charge >= 0.3 is 6.18 Å². The van der Waals surface area contributed by atoms with Gasteiger partial charge in [0.25, 0.3) is 0 Å². The van der Waals surface area contributed by atoms with Crippen molar-refractivity contribution >= 4 is 17.3 Å². The van der Waals surface area contributed by atoms with Gasteiger partial charge in [-0.25, -0.2) is 0 Å². The van der Waals surface area contributed by atoms with Gasteiger partial charge in [0.2, 0.25) is 0 Å². The number of rotatable bonds is 3. The Labute approximate surface area is 149 Å². The highest BCUT2D eigenvalue weighted by atomic mass is 32.1. The van der Waals surface area contributed by atoms with E-state index in [-0.39, 0.29) is 6.54 Å². The normalized spacial score (nSPS) is 11.6. The minimum absolute atomic E-state index is 0.289. The van der Waals surface area contributed by atoms with Crippen LogP contribution in [0, 0.1) is 11.8 Å². The maximum Gasteiger partial charge on any atom is 0.416 e. The van der Waals surface area contributed by atoms with E-state index in [1.165, 1.54) is 11.6 Å². The largest absolute Gasteiger partial charge is 0.416 e. The molecule has 0 atom stereocenters. The molecule has 1 aromatic carbocycles. The van der Waals surface area contributed by atoms with Crippen molar-refractivity contribution in [3.05, 3.63) is 57.8 Å². The molecule has 25 heavy (non-hydrogen) atoms. The number of hydrogen-bond donors (Lipinski definition) is 1. The molecule has 2 rings (SSSR count). The van der Waals surface area contributed by atoms with Gasteiger partial charge in [-0.2, -0.15) is 24.5 Å². The summed E-state index contributed by atoms with van der Waals surface area (Å²) in [5.41, 5.74) is 0.822. The molecule has 0 fully saturated rings. The highest BCUT2D eigenvalue weighted by Gasteiger charge is 2.30. The van der Waals surface area contributed by atoms with Crippen molar-refractivity contribution in [2.75, 3.05) is 20.6 Å². The number of nitrogens with zero attached hydrogens (tertiary/aromatic N) is 2. The molecule has 0 radical (unpaired) electrons. The first kappa shape index (κ1) is 18.9. The predicted octanol–water partition coefficient (Wildman–Crippen LogP) is 3.83. The average Bonchev–Trinajstić information content (AvgIpc) is 3.07. The van der Waals surface area contributed by atoms with Gasteiger partial charge in [-0.15, -0.1) is 0 Å². The van der Waals surface area contributed by atoms with E-state index in [9.17, 15) is 13.2 Å². The highest BCUT2D eigenvalue weighted by Crippen LogP contribution is 2.29. The van der Waals surface area contributed by atoms with Gasteiger partial charge in [0.15, 0.2) is 5.96 Å². The van der Waals surface area contributed by atoms with Crippen molar-refractivity contribution in [1.29, 1.82) is 0 Å². The van der Waals surface area contributed by atoms with Crippen LogP contribution in [-0.2, 0) is 12.7 Å². The summed E-state index contributed by atoms with van der Waals surface area (Å²) >= 11 is 1.63. The lowest BCUT2D eigenvalue weighted by molar-refractivity contribution is -0.137. The molecule has 0 saturated carbocycles. The van der Waals surface area contributed by atoms with Crippen molar-refractivity contribution in [2.45, 2.75) is 12.7 Å². The smallest absolute Gasteiger partial charge is 0.345 e. The summed E-state index contributed by atoms with van der Waals surface area (Å²) in [4.78, 5) is 6.13. The number of aliphatic imine (C=N–C) groups is 1. The lowest BCUT2D eigenvalue weighted by Crippen LogP contribution is -2.38. The first-order valence-corrected chi connectivity index (χ1v) is 8.43. The third kappa shape index (κ3) is 5.84. The Morgan fingerprint density at radius 2 is 2.12 bits per heavy atom. The average molecular weight is 365 g/mol. The summed E-state index contributed by atoms with van der Waals surface area (Å²) in [6, 6.07) is 7.03. The molecule has 0 amide bonds. The second-order valence-corrected chi connectivity index (χ2v) is 6.05. The molecule has 1 N–H and O–H groups in total. The minimum Gasteiger partial charge on any atom is -0.345 e. The number of guanidine groups is 1. The molecule has 7 heteroatoms. The van der Waals surface area contributed by atoms with Crippen LogP contribution in [0.1, 0.15) is 16.7 Å². The van der Waals surface area contributed by atoms with Crippen LogP contribution in [0.25, 0.3) is 0 Å². The van der Waals surface area contributed by atoms with Gasteiger partial charge in [-0.05, 0) is 40.6 Å². The van der Waals surface area contributed by atoms with Crippen molar-refractivity contribution in [3.8, 4) is 11.8 Å². The molecular formula is C18H18F3N3S. The van der Waals surface area contributed by atoms with Gasteiger partial charge in [0.1, 0.15) is 0 Å². The van der Waals surface area contributed by atoms with Crippen LogP contribution in [0.3, 0.4) is 0 Å². The molecule has 0 spiro atoms.